The molecule has 0 aliphatic carbocycles. The Balaban J connectivity index is 3.02. The molecule has 1 aromatic rings. The van der Waals surface area contributed by atoms with Crippen LogP contribution >= 0.6 is 15.9 Å². The number of ether oxygens (including phenoxy) is 2. The summed E-state index contributed by atoms with van der Waals surface area (Å²) in [6, 6.07) is 5.07. The lowest BCUT2D eigenvalue weighted by Crippen LogP contribution is -2.08. The number of alkyl halides is 1. The second-order valence-corrected chi connectivity index (χ2v) is 4.43. The molecule has 0 heterocycles. The zero-order chi connectivity index (χ0) is 14.3. The third kappa shape index (κ3) is 5.03. The number of esters is 1. The Morgan fingerprint density at radius 1 is 1.16 bits per heavy atom. The van der Waals surface area contributed by atoms with Crippen molar-refractivity contribution in [2.45, 2.75) is 20.3 Å². The van der Waals surface area contributed by atoms with Gasteiger partial charge >= 0.3 is 5.97 Å². The van der Waals surface area contributed by atoms with Crippen LogP contribution in [0.15, 0.2) is 18.2 Å². The van der Waals surface area contributed by atoms with Crippen LogP contribution in [0.2, 0.25) is 0 Å². The molecule has 0 saturated heterocycles. The molecule has 0 unspecified atom stereocenters. The van der Waals surface area contributed by atoms with E-state index in [1.807, 2.05) is 6.92 Å². The lowest BCUT2D eigenvalue weighted by Gasteiger charge is -2.09. The maximum Gasteiger partial charge on any atom is 0.338 e. The smallest absolute Gasteiger partial charge is 0.338 e. The van der Waals surface area contributed by atoms with Crippen molar-refractivity contribution in [3.8, 4) is 5.75 Å². The molecule has 4 nitrogen and oxygen atoms in total. The monoisotopic (exact) mass is 328 g/mol. The highest BCUT2D eigenvalue weighted by Gasteiger charge is 2.12. The minimum Gasteiger partial charge on any atom is -0.494 e. The average molecular weight is 329 g/mol. The number of carbonyl (C=O) groups excluding carboxylic acids is 2. The van der Waals surface area contributed by atoms with Gasteiger partial charge in [-0.1, -0.05) is 15.9 Å². The Bertz CT molecular complexity index is 457. The van der Waals surface area contributed by atoms with Gasteiger partial charge in [0.25, 0.3) is 0 Å². The van der Waals surface area contributed by atoms with E-state index in [4.69, 9.17) is 9.47 Å². The first-order valence-electron chi connectivity index (χ1n) is 6.12. The number of hydrogen-bond acceptors (Lipinski definition) is 4. The lowest BCUT2D eigenvalue weighted by molar-refractivity contribution is -0.115. The van der Waals surface area contributed by atoms with Crippen molar-refractivity contribution >= 4 is 27.7 Å². The third-order valence-corrected chi connectivity index (χ3v) is 2.96. The van der Waals surface area contributed by atoms with E-state index in [2.05, 4.69) is 15.9 Å². The summed E-state index contributed by atoms with van der Waals surface area (Å²) in [7, 11) is 0. The van der Waals surface area contributed by atoms with Gasteiger partial charge in [0.05, 0.1) is 24.1 Å². The van der Waals surface area contributed by atoms with E-state index in [1.54, 1.807) is 25.1 Å². The van der Waals surface area contributed by atoms with E-state index in [9.17, 15) is 9.59 Å². The van der Waals surface area contributed by atoms with Crippen LogP contribution in [0, 0.1) is 0 Å². The highest BCUT2D eigenvalue weighted by molar-refractivity contribution is 9.09. The number of benzene rings is 1. The topological polar surface area (TPSA) is 52.6 Å². The van der Waals surface area contributed by atoms with Gasteiger partial charge in [0, 0.05) is 6.42 Å². The molecule has 0 amide bonds. The second-order valence-electron chi connectivity index (χ2n) is 3.87. The van der Waals surface area contributed by atoms with Crippen molar-refractivity contribution in [2.75, 3.05) is 18.5 Å². The van der Waals surface area contributed by atoms with Crippen LogP contribution in [0.5, 0.6) is 5.75 Å². The van der Waals surface area contributed by atoms with E-state index >= 15 is 0 Å². The van der Waals surface area contributed by atoms with Crippen molar-refractivity contribution in [3.05, 3.63) is 29.3 Å². The number of ketones is 1. The molecule has 0 aliphatic heterocycles. The molecule has 0 spiro atoms. The first-order valence-corrected chi connectivity index (χ1v) is 7.24. The van der Waals surface area contributed by atoms with Gasteiger partial charge in [-0.05, 0) is 37.6 Å². The van der Waals surface area contributed by atoms with Crippen LogP contribution in [0.4, 0.5) is 0 Å². The molecule has 1 rings (SSSR count). The summed E-state index contributed by atoms with van der Waals surface area (Å²) < 4.78 is 10.4. The lowest BCUT2D eigenvalue weighted by atomic mass is 10.1. The van der Waals surface area contributed by atoms with Crippen LogP contribution in [0.25, 0.3) is 0 Å². The van der Waals surface area contributed by atoms with Gasteiger partial charge in [-0.2, -0.15) is 0 Å². The summed E-state index contributed by atoms with van der Waals surface area (Å²) in [6.45, 7) is 4.42. The predicted octanol–water partition coefficient (Wildman–Crippen LogP) is 2.77. The fourth-order valence-electron chi connectivity index (χ4n) is 1.62. The minimum absolute atomic E-state index is 0.0449. The summed E-state index contributed by atoms with van der Waals surface area (Å²) >= 11 is 3.12. The highest BCUT2D eigenvalue weighted by atomic mass is 79.9. The first-order chi connectivity index (χ1) is 9.10. The average Bonchev–Trinajstić information content (AvgIpc) is 2.39. The fraction of sp³-hybridized carbons (Fsp3) is 0.429. The maximum absolute atomic E-state index is 11.7. The van der Waals surface area contributed by atoms with Crippen LogP contribution in [0.3, 0.4) is 0 Å². The Labute approximate surface area is 121 Å². The van der Waals surface area contributed by atoms with Gasteiger partial charge < -0.3 is 9.47 Å². The van der Waals surface area contributed by atoms with E-state index in [0.29, 0.717) is 29.9 Å². The summed E-state index contributed by atoms with van der Waals surface area (Å²) in [4.78, 5) is 23.2. The molecule has 0 fully saturated rings. The summed E-state index contributed by atoms with van der Waals surface area (Å²) in [6.07, 6.45) is 0.262. The van der Waals surface area contributed by atoms with Crippen molar-refractivity contribution in [1.82, 2.24) is 0 Å². The SMILES string of the molecule is CCOC(=O)c1cc(CC(=O)CBr)cc(OCC)c1. The van der Waals surface area contributed by atoms with Crippen molar-refractivity contribution in [3.63, 3.8) is 0 Å². The Morgan fingerprint density at radius 3 is 2.47 bits per heavy atom. The van der Waals surface area contributed by atoms with Crippen LogP contribution in [-0.4, -0.2) is 30.3 Å². The third-order valence-electron chi connectivity index (χ3n) is 2.34. The maximum atomic E-state index is 11.7. The Morgan fingerprint density at radius 2 is 1.89 bits per heavy atom. The molecular formula is C14H17BrO4. The number of Topliss-reactive ketones (excluding diaryl/α,β-unsaturated/α-hetero) is 1. The van der Waals surface area contributed by atoms with Gasteiger partial charge in [0.2, 0.25) is 0 Å². The number of halogens is 1. The molecule has 0 bridgehead atoms. The van der Waals surface area contributed by atoms with Gasteiger partial charge in [-0.25, -0.2) is 4.79 Å². The van der Waals surface area contributed by atoms with Gasteiger partial charge in [-0.3, -0.25) is 4.79 Å². The molecule has 1 aromatic carbocycles. The Kier molecular flexibility index (Phi) is 6.56. The predicted molar refractivity (Wildman–Crippen MR) is 76.1 cm³/mol. The second kappa shape index (κ2) is 7.94. The number of carbonyl (C=O) groups is 2. The molecule has 19 heavy (non-hydrogen) atoms. The summed E-state index contributed by atoms with van der Waals surface area (Å²) in [5.74, 6) is 0.213. The molecule has 104 valence electrons. The molecule has 0 saturated carbocycles. The van der Waals surface area contributed by atoms with Crippen molar-refractivity contribution in [2.24, 2.45) is 0 Å². The van der Waals surface area contributed by atoms with Crippen LogP contribution < -0.4 is 4.74 Å². The van der Waals surface area contributed by atoms with Crippen LogP contribution in [0.1, 0.15) is 29.8 Å². The standard InChI is InChI=1S/C14H17BrO4/c1-3-18-13-7-10(6-12(16)9-15)5-11(8-13)14(17)19-4-2/h5,7-8H,3-4,6,9H2,1-2H3. The van der Waals surface area contributed by atoms with Gasteiger partial charge in [0.15, 0.2) is 0 Å². The van der Waals surface area contributed by atoms with E-state index < -0.39 is 5.97 Å². The molecule has 0 aliphatic rings. The molecule has 0 radical (unpaired) electrons. The molecule has 0 atom stereocenters. The zero-order valence-electron chi connectivity index (χ0n) is 11.1. The van der Waals surface area contributed by atoms with E-state index in [1.165, 1.54) is 0 Å². The largest absolute Gasteiger partial charge is 0.494 e. The van der Waals surface area contributed by atoms with Crippen LogP contribution in [-0.2, 0) is 16.0 Å². The van der Waals surface area contributed by atoms with E-state index in [0.717, 1.165) is 5.56 Å². The quantitative estimate of drug-likeness (QED) is 0.570. The fourth-order valence-corrected chi connectivity index (χ4v) is 1.82. The van der Waals surface area contributed by atoms with E-state index in [-0.39, 0.29) is 12.2 Å². The highest BCUT2D eigenvalue weighted by Crippen LogP contribution is 2.19. The normalized spacial score (nSPS) is 10.1. The number of hydrogen-bond donors (Lipinski definition) is 0. The molecule has 0 N–H and O–H groups in total. The molecular weight excluding hydrogens is 312 g/mol. The zero-order valence-corrected chi connectivity index (χ0v) is 12.7. The van der Waals surface area contributed by atoms with Gasteiger partial charge in [0.1, 0.15) is 11.5 Å². The van der Waals surface area contributed by atoms with Gasteiger partial charge in [-0.15, -0.1) is 0 Å². The molecule has 0 aromatic heterocycles. The Hall–Kier alpha value is -1.36. The first kappa shape index (κ1) is 15.7. The van der Waals surface area contributed by atoms with Crippen molar-refractivity contribution in [1.29, 1.82) is 0 Å². The summed E-state index contributed by atoms with van der Waals surface area (Å²) in [5.41, 5.74) is 1.16. The molecule has 5 heteroatoms. The minimum atomic E-state index is -0.406. The number of rotatable bonds is 7. The van der Waals surface area contributed by atoms with Crippen molar-refractivity contribution < 1.29 is 19.1 Å². The summed E-state index contributed by atoms with van der Waals surface area (Å²) in [5, 5.41) is 0.292.